The van der Waals surface area contributed by atoms with Gasteiger partial charge in [0.25, 0.3) is 5.91 Å². The molecular formula is C17H23N5O. The number of rotatable bonds is 5. The van der Waals surface area contributed by atoms with Gasteiger partial charge in [0.1, 0.15) is 0 Å². The third-order valence-electron chi connectivity index (χ3n) is 4.24. The van der Waals surface area contributed by atoms with Gasteiger partial charge in [-0.25, -0.2) is 4.68 Å². The number of piperidine rings is 1. The van der Waals surface area contributed by atoms with E-state index in [9.17, 15) is 4.79 Å². The number of likely N-dealkylation sites (tertiary alicyclic amines) is 1. The number of aromatic nitrogens is 3. The first-order chi connectivity index (χ1) is 11.3. The molecule has 122 valence electrons. The quantitative estimate of drug-likeness (QED) is 0.904. The van der Waals surface area contributed by atoms with Gasteiger partial charge in [-0.1, -0.05) is 35.5 Å². The highest BCUT2D eigenvalue weighted by Crippen LogP contribution is 2.22. The van der Waals surface area contributed by atoms with Gasteiger partial charge in [-0.3, -0.25) is 4.79 Å². The van der Waals surface area contributed by atoms with Crippen LogP contribution in [0.15, 0.2) is 36.5 Å². The molecule has 3 rings (SSSR count). The second-order valence-corrected chi connectivity index (χ2v) is 5.93. The van der Waals surface area contributed by atoms with E-state index in [-0.39, 0.29) is 5.91 Å². The van der Waals surface area contributed by atoms with Gasteiger partial charge in [0, 0.05) is 25.7 Å². The summed E-state index contributed by atoms with van der Waals surface area (Å²) in [5.41, 5.74) is 7.34. The summed E-state index contributed by atoms with van der Waals surface area (Å²) in [6.45, 7) is 2.17. The average Bonchev–Trinajstić information content (AvgIpc) is 3.05. The Bertz CT molecular complexity index is 633. The smallest absolute Gasteiger partial charge is 0.252 e. The van der Waals surface area contributed by atoms with Crippen molar-refractivity contribution in [3.05, 3.63) is 47.8 Å². The van der Waals surface area contributed by atoms with Crippen molar-refractivity contribution in [2.75, 3.05) is 19.6 Å². The van der Waals surface area contributed by atoms with Crippen LogP contribution in [0, 0.1) is 0 Å². The molecule has 1 saturated heterocycles. The number of nitrogens with zero attached hydrogens (tertiary/aromatic N) is 4. The molecule has 0 bridgehead atoms. The second kappa shape index (κ2) is 7.37. The van der Waals surface area contributed by atoms with E-state index in [1.807, 2.05) is 41.4 Å². The number of carbonyl (C=O) groups excluding carboxylic acids is 1. The minimum Gasteiger partial charge on any atom is -0.341 e. The molecule has 1 aromatic heterocycles. The van der Waals surface area contributed by atoms with Crippen LogP contribution in [0.5, 0.6) is 0 Å². The van der Waals surface area contributed by atoms with Crippen LogP contribution in [0.1, 0.15) is 36.6 Å². The summed E-state index contributed by atoms with van der Waals surface area (Å²) in [5, 5.41) is 8.33. The Balaban J connectivity index is 1.91. The lowest BCUT2D eigenvalue weighted by molar-refractivity contribution is -0.134. The fourth-order valence-corrected chi connectivity index (χ4v) is 3.03. The molecule has 1 unspecified atom stereocenters. The molecule has 1 aromatic carbocycles. The summed E-state index contributed by atoms with van der Waals surface area (Å²) in [6.07, 6.45) is 5.85. The monoisotopic (exact) mass is 313 g/mol. The molecule has 2 N–H and O–H groups in total. The first kappa shape index (κ1) is 15.7. The zero-order chi connectivity index (χ0) is 16.1. The highest BCUT2D eigenvalue weighted by Gasteiger charge is 2.29. The average molecular weight is 313 g/mol. The van der Waals surface area contributed by atoms with Crippen molar-refractivity contribution in [1.82, 2.24) is 19.9 Å². The van der Waals surface area contributed by atoms with E-state index in [1.54, 1.807) is 4.68 Å². The molecule has 0 spiro atoms. The normalized spacial score (nSPS) is 16.3. The van der Waals surface area contributed by atoms with Crippen LogP contribution in [0.3, 0.4) is 0 Å². The van der Waals surface area contributed by atoms with Crippen LogP contribution >= 0.6 is 0 Å². The molecule has 0 aliphatic carbocycles. The molecule has 2 heterocycles. The molecule has 0 radical (unpaired) electrons. The minimum atomic E-state index is -0.451. The predicted molar refractivity (Wildman–Crippen MR) is 87.8 cm³/mol. The number of nitrogens with two attached hydrogens (primary N) is 1. The topological polar surface area (TPSA) is 77.0 Å². The van der Waals surface area contributed by atoms with E-state index in [2.05, 4.69) is 10.3 Å². The van der Waals surface area contributed by atoms with Crippen LogP contribution < -0.4 is 5.73 Å². The van der Waals surface area contributed by atoms with Crippen molar-refractivity contribution in [3.63, 3.8) is 0 Å². The van der Waals surface area contributed by atoms with E-state index >= 15 is 0 Å². The van der Waals surface area contributed by atoms with Gasteiger partial charge in [-0.05, 0) is 31.4 Å². The molecule has 1 aliphatic heterocycles. The van der Waals surface area contributed by atoms with Crippen LogP contribution in [-0.4, -0.2) is 45.4 Å². The molecule has 6 heteroatoms. The Morgan fingerprint density at radius 2 is 1.91 bits per heavy atom. The van der Waals surface area contributed by atoms with Crippen molar-refractivity contribution < 1.29 is 4.79 Å². The number of carbonyl (C=O) groups is 1. The number of amides is 1. The Hall–Kier alpha value is -2.21. The zero-order valence-corrected chi connectivity index (χ0v) is 13.3. The summed E-state index contributed by atoms with van der Waals surface area (Å²) < 4.78 is 1.68. The van der Waals surface area contributed by atoms with Gasteiger partial charge < -0.3 is 10.6 Å². The van der Waals surface area contributed by atoms with E-state index in [4.69, 9.17) is 5.73 Å². The van der Waals surface area contributed by atoms with E-state index in [1.165, 1.54) is 6.42 Å². The van der Waals surface area contributed by atoms with Crippen LogP contribution in [0.25, 0.3) is 0 Å². The Morgan fingerprint density at radius 3 is 2.61 bits per heavy atom. The molecule has 1 atom stereocenters. The zero-order valence-electron chi connectivity index (χ0n) is 13.3. The maximum absolute atomic E-state index is 13.1. The van der Waals surface area contributed by atoms with E-state index < -0.39 is 6.04 Å². The number of hydrogen-bond acceptors (Lipinski definition) is 4. The standard InChI is InChI=1S/C17H23N5O/c18-10-9-15-13-22(20-19-15)16(14-7-3-1-4-8-14)17(23)21-11-5-2-6-12-21/h1,3-4,7-8,13,16H,2,5-6,9-12,18H2. The first-order valence-electron chi connectivity index (χ1n) is 8.24. The predicted octanol–water partition coefficient (Wildman–Crippen LogP) is 1.38. The van der Waals surface area contributed by atoms with Crippen molar-refractivity contribution in [2.45, 2.75) is 31.7 Å². The van der Waals surface area contributed by atoms with Crippen LogP contribution in [0.2, 0.25) is 0 Å². The molecule has 0 saturated carbocycles. The maximum Gasteiger partial charge on any atom is 0.252 e. The molecule has 1 amide bonds. The van der Waals surface area contributed by atoms with Gasteiger partial charge in [0.2, 0.25) is 0 Å². The van der Waals surface area contributed by atoms with Crippen molar-refractivity contribution >= 4 is 5.91 Å². The van der Waals surface area contributed by atoms with Gasteiger partial charge in [0.15, 0.2) is 6.04 Å². The lowest BCUT2D eigenvalue weighted by Gasteiger charge is -2.30. The summed E-state index contributed by atoms with van der Waals surface area (Å²) in [6, 6.07) is 9.33. The Kier molecular flexibility index (Phi) is 5.02. The lowest BCUT2D eigenvalue weighted by Crippen LogP contribution is -2.41. The number of hydrogen-bond donors (Lipinski definition) is 1. The third-order valence-corrected chi connectivity index (χ3v) is 4.24. The van der Waals surface area contributed by atoms with Crippen molar-refractivity contribution in [3.8, 4) is 0 Å². The van der Waals surface area contributed by atoms with Gasteiger partial charge in [-0.15, -0.1) is 5.10 Å². The van der Waals surface area contributed by atoms with Gasteiger partial charge >= 0.3 is 0 Å². The summed E-state index contributed by atoms with van der Waals surface area (Å²) in [5.74, 6) is 0.0973. The Labute approximate surface area is 136 Å². The van der Waals surface area contributed by atoms with Crippen LogP contribution in [0.4, 0.5) is 0 Å². The SMILES string of the molecule is NCCc1cn(C(C(=O)N2CCCCC2)c2ccccc2)nn1. The second-order valence-electron chi connectivity index (χ2n) is 5.93. The lowest BCUT2D eigenvalue weighted by atomic mass is 10.0. The fraction of sp³-hybridized carbons (Fsp3) is 0.471. The largest absolute Gasteiger partial charge is 0.341 e. The van der Waals surface area contributed by atoms with Crippen LogP contribution in [-0.2, 0) is 11.2 Å². The Morgan fingerprint density at radius 1 is 1.17 bits per heavy atom. The van der Waals surface area contributed by atoms with Crippen molar-refractivity contribution in [1.29, 1.82) is 0 Å². The summed E-state index contributed by atoms with van der Waals surface area (Å²) >= 11 is 0. The maximum atomic E-state index is 13.1. The van der Waals surface area contributed by atoms with Gasteiger partial charge in [-0.2, -0.15) is 0 Å². The fourth-order valence-electron chi connectivity index (χ4n) is 3.03. The molecule has 6 nitrogen and oxygen atoms in total. The van der Waals surface area contributed by atoms with E-state index in [0.29, 0.717) is 13.0 Å². The summed E-state index contributed by atoms with van der Waals surface area (Å²) in [4.78, 5) is 15.0. The third kappa shape index (κ3) is 3.59. The summed E-state index contributed by atoms with van der Waals surface area (Å²) in [7, 11) is 0. The van der Waals surface area contributed by atoms with E-state index in [0.717, 1.165) is 37.2 Å². The molecule has 1 fully saturated rings. The highest BCUT2D eigenvalue weighted by molar-refractivity contribution is 5.83. The molecule has 1 aliphatic rings. The number of benzene rings is 1. The first-order valence-corrected chi connectivity index (χ1v) is 8.24. The molecule has 2 aromatic rings. The van der Waals surface area contributed by atoms with Crippen molar-refractivity contribution in [2.24, 2.45) is 5.73 Å². The molecular weight excluding hydrogens is 290 g/mol. The highest BCUT2D eigenvalue weighted by atomic mass is 16.2. The van der Waals surface area contributed by atoms with Gasteiger partial charge in [0.05, 0.1) is 5.69 Å². The molecule has 23 heavy (non-hydrogen) atoms. The minimum absolute atomic E-state index is 0.0973.